The van der Waals surface area contributed by atoms with Crippen LogP contribution >= 0.6 is 0 Å². The minimum Gasteiger partial charge on any atom is -0.323 e. The summed E-state index contributed by atoms with van der Waals surface area (Å²) in [5, 5.41) is 5.43. The van der Waals surface area contributed by atoms with Gasteiger partial charge in [-0.2, -0.15) is 0 Å². The second-order valence-corrected chi connectivity index (χ2v) is 7.14. The summed E-state index contributed by atoms with van der Waals surface area (Å²) in [6, 6.07) is 20.2. The van der Waals surface area contributed by atoms with Crippen LogP contribution in [-0.2, 0) is 13.1 Å². The van der Waals surface area contributed by atoms with Crippen molar-refractivity contribution < 1.29 is 14.0 Å². The largest absolute Gasteiger partial charge is 0.324 e. The number of halogens is 1. The molecule has 0 aromatic heterocycles. The average molecular weight is 404 g/mol. The first-order valence-electron chi connectivity index (χ1n) is 9.52. The number of hydrogen-bond acceptors (Lipinski definition) is 2. The third-order valence-corrected chi connectivity index (χ3v) is 4.88. The summed E-state index contributed by atoms with van der Waals surface area (Å²) in [4.78, 5) is 28.5. The van der Waals surface area contributed by atoms with Gasteiger partial charge in [-0.15, -0.1) is 0 Å². The number of amides is 4. The lowest BCUT2D eigenvalue weighted by Crippen LogP contribution is -2.44. The molecule has 30 heavy (non-hydrogen) atoms. The lowest BCUT2D eigenvalue weighted by molar-refractivity contribution is 0.210. The summed E-state index contributed by atoms with van der Waals surface area (Å²) in [7, 11) is 1.77. The van der Waals surface area contributed by atoms with Gasteiger partial charge in [0.1, 0.15) is 5.82 Å². The smallest absolute Gasteiger partial charge is 0.323 e. The van der Waals surface area contributed by atoms with E-state index < -0.39 is 6.03 Å². The van der Waals surface area contributed by atoms with Crippen molar-refractivity contribution >= 4 is 29.1 Å². The van der Waals surface area contributed by atoms with E-state index in [0.29, 0.717) is 24.5 Å². The Kier molecular flexibility index (Phi) is 5.34. The molecular weight excluding hydrogens is 383 g/mol. The zero-order valence-electron chi connectivity index (χ0n) is 16.4. The predicted octanol–water partition coefficient (Wildman–Crippen LogP) is 5.04. The van der Waals surface area contributed by atoms with E-state index in [1.54, 1.807) is 29.0 Å². The lowest BCUT2D eigenvalue weighted by Gasteiger charge is -2.35. The van der Waals surface area contributed by atoms with Crippen molar-refractivity contribution in [1.29, 1.82) is 0 Å². The standard InChI is InChI=1S/C23H21FN4O2/c1-27-15-17-7-10-20(26-22(29)25-19-11-8-18(24)9-12-19)13-21(17)28(23(27)30)14-16-5-3-2-4-6-16/h2-13H,14-15H2,1H3,(H2,25,26,29). The third-order valence-electron chi connectivity index (χ3n) is 4.88. The fraction of sp³-hybridized carbons (Fsp3) is 0.130. The van der Waals surface area contributed by atoms with E-state index in [9.17, 15) is 14.0 Å². The molecule has 0 fully saturated rings. The molecule has 4 rings (SSSR count). The Morgan fingerprint density at radius 3 is 2.37 bits per heavy atom. The second-order valence-electron chi connectivity index (χ2n) is 7.14. The number of urea groups is 2. The number of carbonyl (C=O) groups is 2. The fourth-order valence-electron chi connectivity index (χ4n) is 3.40. The first-order chi connectivity index (χ1) is 14.5. The number of nitrogens with zero attached hydrogens (tertiary/aromatic N) is 2. The molecule has 1 aliphatic rings. The molecule has 0 saturated carbocycles. The molecule has 0 atom stereocenters. The Hall–Kier alpha value is -3.87. The van der Waals surface area contributed by atoms with Crippen molar-refractivity contribution in [1.82, 2.24) is 4.90 Å². The molecule has 2 N–H and O–H groups in total. The normalized spacial score (nSPS) is 13.1. The van der Waals surface area contributed by atoms with Crippen molar-refractivity contribution in [3.05, 3.63) is 89.7 Å². The molecule has 4 amide bonds. The van der Waals surface area contributed by atoms with E-state index in [4.69, 9.17) is 0 Å². The highest BCUT2D eigenvalue weighted by Crippen LogP contribution is 2.32. The van der Waals surface area contributed by atoms with Gasteiger partial charge >= 0.3 is 12.1 Å². The predicted molar refractivity (Wildman–Crippen MR) is 115 cm³/mol. The minimum absolute atomic E-state index is 0.0979. The zero-order chi connectivity index (χ0) is 21.1. The highest BCUT2D eigenvalue weighted by molar-refractivity contribution is 6.01. The van der Waals surface area contributed by atoms with Crippen LogP contribution in [0.3, 0.4) is 0 Å². The summed E-state index contributed by atoms with van der Waals surface area (Å²) in [5.41, 5.74) is 3.82. The van der Waals surface area contributed by atoms with E-state index in [1.165, 1.54) is 24.3 Å². The highest BCUT2D eigenvalue weighted by Gasteiger charge is 2.28. The summed E-state index contributed by atoms with van der Waals surface area (Å²) in [6.07, 6.45) is 0. The van der Waals surface area contributed by atoms with Gasteiger partial charge in [0, 0.05) is 25.0 Å². The molecule has 0 spiro atoms. The van der Waals surface area contributed by atoms with E-state index in [2.05, 4.69) is 10.6 Å². The van der Waals surface area contributed by atoms with Gasteiger partial charge in [-0.3, -0.25) is 4.90 Å². The van der Waals surface area contributed by atoms with Crippen LogP contribution in [0.25, 0.3) is 0 Å². The Morgan fingerprint density at radius 2 is 1.63 bits per heavy atom. The maximum absolute atomic E-state index is 13.0. The van der Waals surface area contributed by atoms with Gasteiger partial charge in [0.05, 0.1) is 12.2 Å². The van der Waals surface area contributed by atoms with Crippen molar-refractivity contribution in [2.45, 2.75) is 13.1 Å². The maximum Gasteiger partial charge on any atom is 0.324 e. The van der Waals surface area contributed by atoms with Gasteiger partial charge in [0.2, 0.25) is 0 Å². The van der Waals surface area contributed by atoms with Crippen LogP contribution in [0.15, 0.2) is 72.8 Å². The van der Waals surface area contributed by atoms with Crippen LogP contribution in [0.2, 0.25) is 0 Å². The number of hydrogen-bond donors (Lipinski definition) is 2. The number of anilines is 3. The highest BCUT2D eigenvalue weighted by atomic mass is 19.1. The fourth-order valence-corrected chi connectivity index (χ4v) is 3.40. The number of benzene rings is 3. The Morgan fingerprint density at radius 1 is 0.967 bits per heavy atom. The van der Waals surface area contributed by atoms with Crippen molar-refractivity contribution in [3.63, 3.8) is 0 Å². The maximum atomic E-state index is 13.0. The van der Waals surface area contributed by atoms with Crippen molar-refractivity contribution in [2.75, 3.05) is 22.6 Å². The minimum atomic E-state index is -0.449. The molecule has 0 bridgehead atoms. The van der Waals surface area contributed by atoms with Gasteiger partial charge in [-0.05, 0) is 47.5 Å². The number of nitrogens with one attached hydrogen (secondary N) is 2. The summed E-state index contributed by atoms with van der Waals surface area (Å²) in [6.45, 7) is 0.934. The topological polar surface area (TPSA) is 64.7 Å². The van der Waals surface area contributed by atoms with E-state index in [1.807, 2.05) is 36.4 Å². The zero-order valence-corrected chi connectivity index (χ0v) is 16.4. The number of carbonyl (C=O) groups excluding carboxylic acids is 2. The molecule has 0 saturated heterocycles. The Bertz CT molecular complexity index is 1070. The van der Waals surface area contributed by atoms with Crippen molar-refractivity contribution in [2.24, 2.45) is 0 Å². The molecule has 3 aromatic rings. The van der Waals surface area contributed by atoms with Crippen LogP contribution in [-0.4, -0.2) is 24.0 Å². The third kappa shape index (κ3) is 4.25. The van der Waals surface area contributed by atoms with Crippen LogP contribution in [0, 0.1) is 5.82 Å². The molecule has 152 valence electrons. The van der Waals surface area contributed by atoms with E-state index in [0.717, 1.165) is 16.8 Å². The van der Waals surface area contributed by atoms with Gasteiger partial charge < -0.3 is 15.5 Å². The Balaban J connectivity index is 1.55. The van der Waals surface area contributed by atoms with Crippen LogP contribution in [0.1, 0.15) is 11.1 Å². The molecule has 3 aromatic carbocycles. The number of rotatable bonds is 4. The summed E-state index contributed by atoms with van der Waals surface area (Å²) >= 11 is 0. The lowest BCUT2D eigenvalue weighted by atomic mass is 10.1. The summed E-state index contributed by atoms with van der Waals surface area (Å²) in [5.74, 6) is -0.371. The van der Waals surface area contributed by atoms with E-state index >= 15 is 0 Å². The second kappa shape index (κ2) is 8.24. The molecule has 0 radical (unpaired) electrons. The molecular formula is C23H21FN4O2. The molecule has 6 nitrogen and oxygen atoms in total. The van der Waals surface area contributed by atoms with Gasteiger partial charge in [-0.1, -0.05) is 36.4 Å². The monoisotopic (exact) mass is 404 g/mol. The van der Waals surface area contributed by atoms with Gasteiger partial charge in [0.25, 0.3) is 0 Å². The van der Waals surface area contributed by atoms with Gasteiger partial charge in [0.15, 0.2) is 0 Å². The Labute approximate surface area is 173 Å². The van der Waals surface area contributed by atoms with Crippen LogP contribution < -0.4 is 15.5 Å². The first kappa shape index (κ1) is 19.4. The molecule has 0 unspecified atom stereocenters. The molecule has 1 aliphatic heterocycles. The quantitative estimate of drug-likeness (QED) is 0.640. The van der Waals surface area contributed by atoms with Crippen LogP contribution in [0.4, 0.5) is 31.0 Å². The molecule has 1 heterocycles. The van der Waals surface area contributed by atoms with Gasteiger partial charge in [-0.25, -0.2) is 14.0 Å². The van der Waals surface area contributed by atoms with Crippen molar-refractivity contribution in [3.8, 4) is 0 Å². The molecule has 0 aliphatic carbocycles. The molecule has 7 heteroatoms. The number of fused-ring (bicyclic) bond motifs is 1. The first-order valence-corrected chi connectivity index (χ1v) is 9.52. The SMILES string of the molecule is CN1Cc2ccc(NC(=O)Nc3ccc(F)cc3)cc2N(Cc2ccccc2)C1=O. The summed E-state index contributed by atoms with van der Waals surface area (Å²) < 4.78 is 13.0. The van der Waals surface area contributed by atoms with E-state index in [-0.39, 0.29) is 11.8 Å². The van der Waals surface area contributed by atoms with Crippen LogP contribution in [0.5, 0.6) is 0 Å². The average Bonchev–Trinajstić information content (AvgIpc) is 2.74.